The number of piperazine rings is 1. The van der Waals surface area contributed by atoms with E-state index in [0.29, 0.717) is 0 Å². The first-order valence-electron chi connectivity index (χ1n) is 8.65. The normalized spacial score (nSPS) is 28.2. The van der Waals surface area contributed by atoms with Gasteiger partial charge in [-0.25, -0.2) is 0 Å². The van der Waals surface area contributed by atoms with Crippen molar-refractivity contribution in [1.82, 2.24) is 20.0 Å². The molecule has 0 saturated carbocycles. The van der Waals surface area contributed by atoms with E-state index in [4.69, 9.17) is 0 Å². The second kappa shape index (κ2) is 8.32. The number of nitrogens with zero attached hydrogens (tertiary/aromatic N) is 3. The molecule has 0 aliphatic carbocycles. The van der Waals surface area contributed by atoms with E-state index in [1.165, 1.54) is 58.7 Å². The van der Waals surface area contributed by atoms with Crippen molar-refractivity contribution in [3.63, 3.8) is 0 Å². The van der Waals surface area contributed by atoms with Crippen LogP contribution < -0.4 is 5.32 Å². The van der Waals surface area contributed by atoms with Gasteiger partial charge in [-0.1, -0.05) is 13.8 Å². The first-order chi connectivity index (χ1) is 9.74. The van der Waals surface area contributed by atoms with E-state index in [1.807, 2.05) is 0 Å². The van der Waals surface area contributed by atoms with E-state index in [0.717, 1.165) is 25.2 Å². The molecule has 2 saturated heterocycles. The van der Waals surface area contributed by atoms with Gasteiger partial charge in [0.15, 0.2) is 0 Å². The van der Waals surface area contributed by atoms with Gasteiger partial charge in [-0.2, -0.15) is 0 Å². The molecule has 2 unspecified atom stereocenters. The zero-order chi connectivity index (χ0) is 14.4. The fourth-order valence-corrected chi connectivity index (χ4v) is 3.68. The number of likely N-dealkylation sites (N-methyl/N-ethyl adjacent to an activating group) is 1. The van der Waals surface area contributed by atoms with E-state index in [1.54, 1.807) is 0 Å². The van der Waals surface area contributed by atoms with Crippen molar-refractivity contribution < 1.29 is 0 Å². The lowest BCUT2D eigenvalue weighted by molar-refractivity contribution is 0.0603. The standard InChI is InChI=1S/C16H34N4/c1-4-18(5-2)11-8-17-9-12-19-14-16-7-6-10-20(16)13-15(19)3/h15-17H,4-14H2,1-3H3. The lowest BCUT2D eigenvalue weighted by atomic mass is 10.1. The largest absolute Gasteiger partial charge is 0.314 e. The van der Waals surface area contributed by atoms with Crippen LogP contribution in [0.25, 0.3) is 0 Å². The second-order valence-electron chi connectivity index (χ2n) is 6.41. The molecule has 2 aliphatic heterocycles. The van der Waals surface area contributed by atoms with Crippen LogP contribution in [0.3, 0.4) is 0 Å². The molecule has 0 radical (unpaired) electrons. The quantitative estimate of drug-likeness (QED) is 0.673. The maximum absolute atomic E-state index is 3.62. The Morgan fingerprint density at radius 2 is 1.95 bits per heavy atom. The number of hydrogen-bond donors (Lipinski definition) is 1. The molecule has 0 bridgehead atoms. The second-order valence-corrected chi connectivity index (χ2v) is 6.41. The summed E-state index contributed by atoms with van der Waals surface area (Å²) in [4.78, 5) is 7.87. The summed E-state index contributed by atoms with van der Waals surface area (Å²) in [5.74, 6) is 0. The Morgan fingerprint density at radius 1 is 1.15 bits per heavy atom. The molecule has 2 aliphatic rings. The molecule has 2 fully saturated rings. The van der Waals surface area contributed by atoms with Crippen molar-refractivity contribution in [3.05, 3.63) is 0 Å². The Labute approximate surface area is 125 Å². The lowest BCUT2D eigenvalue weighted by Gasteiger charge is -2.42. The first-order valence-corrected chi connectivity index (χ1v) is 8.65. The highest BCUT2D eigenvalue weighted by atomic mass is 15.3. The average molecular weight is 282 g/mol. The average Bonchev–Trinajstić information content (AvgIpc) is 2.90. The van der Waals surface area contributed by atoms with Gasteiger partial charge < -0.3 is 10.2 Å². The fourth-order valence-electron chi connectivity index (χ4n) is 3.68. The Kier molecular flexibility index (Phi) is 6.75. The number of rotatable bonds is 8. The minimum absolute atomic E-state index is 0.730. The van der Waals surface area contributed by atoms with Crippen molar-refractivity contribution in [2.24, 2.45) is 0 Å². The first kappa shape index (κ1) is 16.2. The SMILES string of the molecule is CCN(CC)CCNCCN1CC2CCCN2CC1C. The third-order valence-electron chi connectivity index (χ3n) is 5.14. The lowest BCUT2D eigenvalue weighted by Crippen LogP contribution is -2.56. The van der Waals surface area contributed by atoms with E-state index < -0.39 is 0 Å². The molecule has 2 rings (SSSR count). The molecule has 0 aromatic heterocycles. The summed E-state index contributed by atoms with van der Waals surface area (Å²) < 4.78 is 0. The molecule has 118 valence electrons. The Bertz CT molecular complexity index is 267. The summed E-state index contributed by atoms with van der Waals surface area (Å²) in [5, 5.41) is 3.62. The van der Waals surface area contributed by atoms with Gasteiger partial charge in [-0.05, 0) is 39.4 Å². The van der Waals surface area contributed by atoms with Gasteiger partial charge in [-0.3, -0.25) is 9.80 Å². The molecule has 2 heterocycles. The van der Waals surface area contributed by atoms with Gasteiger partial charge in [0.25, 0.3) is 0 Å². The molecular weight excluding hydrogens is 248 g/mol. The van der Waals surface area contributed by atoms with Gasteiger partial charge in [-0.15, -0.1) is 0 Å². The highest BCUT2D eigenvalue weighted by molar-refractivity contribution is 4.90. The molecule has 1 N–H and O–H groups in total. The summed E-state index contributed by atoms with van der Waals surface area (Å²) in [5.41, 5.74) is 0. The molecule has 0 amide bonds. The van der Waals surface area contributed by atoms with Crippen molar-refractivity contribution >= 4 is 0 Å². The van der Waals surface area contributed by atoms with Crippen molar-refractivity contribution in [1.29, 1.82) is 0 Å². The minimum Gasteiger partial charge on any atom is -0.314 e. The monoisotopic (exact) mass is 282 g/mol. The van der Waals surface area contributed by atoms with Gasteiger partial charge in [0.05, 0.1) is 0 Å². The van der Waals surface area contributed by atoms with Gasteiger partial charge in [0.2, 0.25) is 0 Å². The van der Waals surface area contributed by atoms with Crippen LogP contribution in [0, 0.1) is 0 Å². The van der Waals surface area contributed by atoms with E-state index in [-0.39, 0.29) is 0 Å². The summed E-state index contributed by atoms with van der Waals surface area (Å²) >= 11 is 0. The Morgan fingerprint density at radius 3 is 2.70 bits per heavy atom. The minimum atomic E-state index is 0.730. The molecule has 0 aromatic rings. The predicted molar refractivity (Wildman–Crippen MR) is 86.3 cm³/mol. The molecule has 4 nitrogen and oxygen atoms in total. The summed E-state index contributed by atoms with van der Waals surface area (Å²) in [6.45, 7) is 17.8. The molecular formula is C16H34N4. The molecule has 20 heavy (non-hydrogen) atoms. The van der Waals surface area contributed by atoms with Crippen LogP contribution >= 0.6 is 0 Å². The van der Waals surface area contributed by atoms with Crippen molar-refractivity contribution in [2.45, 2.75) is 45.7 Å². The summed E-state index contributed by atoms with van der Waals surface area (Å²) in [7, 11) is 0. The smallest absolute Gasteiger partial charge is 0.0224 e. The maximum atomic E-state index is 3.62. The van der Waals surface area contributed by atoms with Crippen LogP contribution in [-0.2, 0) is 0 Å². The number of nitrogens with one attached hydrogen (secondary N) is 1. The summed E-state index contributed by atoms with van der Waals surface area (Å²) in [6, 6.07) is 1.58. The highest BCUT2D eigenvalue weighted by Crippen LogP contribution is 2.23. The van der Waals surface area contributed by atoms with Crippen LogP contribution in [-0.4, -0.2) is 85.7 Å². The molecule has 0 spiro atoms. The van der Waals surface area contributed by atoms with E-state index >= 15 is 0 Å². The fraction of sp³-hybridized carbons (Fsp3) is 1.00. The third kappa shape index (κ3) is 4.42. The van der Waals surface area contributed by atoms with Crippen LogP contribution in [0.1, 0.15) is 33.6 Å². The Hall–Kier alpha value is -0.160. The Balaban J connectivity index is 1.59. The topological polar surface area (TPSA) is 21.8 Å². The summed E-state index contributed by atoms with van der Waals surface area (Å²) in [6.07, 6.45) is 2.83. The van der Waals surface area contributed by atoms with Gasteiger partial charge in [0, 0.05) is 51.4 Å². The number of fused-ring (bicyclic) bond motifs is 1. The maximum Gasteiger partial charge on any atom is 0.0224 e. The van der Waals surface area contributed by atoms with E-state index in [9.17, 15) is 0 Å². The molecule has 2 atom stereocenters. The van der Waals surface area contributed by atoms with Crippen molar-refractivity contribution in [2.75, 3.05) is 58.9 Å². The third-order valence-corrected chi connectivity index (χ3v) is 5.14. The van der Waals surface area contributed by atoms with Crippen LogP contribution in [0.15, 0.2) is 0 Å². The highest BCUT2D eigenvalue weighted by Gasteiger charge is 2.33. The van der Waals surface area contributed by atoms with Crippen LogP contribution in [0.5, 0.6) is 0 Å². The van der Waals surface area contributed by atoms with Gasteiger partial charge in [0.1, 0.15) is 0 Å². The van der Waals surface area contributed by atoms with Gasteiger partial charge >= 0.3 is 0 Å². The molecule has 0 aromatic carbocycles. The van der Waals surface area contributed by atoms with E-state index in [2.05, 4.69) is 40.8 Å². The van der Waals surface area contributed by atoms with Crippen LogP contribution in [0.2, 0.25) is 0 Å². The van der Waals surface area contributed by atoms with Crippen LogP contribution in [0.4, 0.5) is 0 Å². The zero-order valence-corrected chi connectivity index (χ0v) is 13.8. The van der Waals surface area contributed by atoms with Crippen molar-refractivity contribution in [3.8, 4) is 0 Å². The number of hydrogen-bond acceptors (Lipinski definition) is 4. The molecule has 4 heteroatoms. The predicted octanol–water partition coefficient (Wildman–Crippen LogP) is 1.09. The zero-order valence-electron chi connectivity index (χ0n) is 13.8.